The maximum atomic E-state index is 11.0. The number of piperidine rings is 1. The molecule has 5 rings (SSSR count). The molecule has 0 amide bonds. The van der Waals surface area contributed by atoms with Gasteiger partial charge in [-0.3, -0.25) is 15.0 Å². The lowest BCUT2D eigenvalue weighted by Gasteiger charge is -2.30. The second-order valence-electron chi connectivity index (χ2n) is 8.03. The topological polar surface area (TPSA) is 110 Å². The van der Waals surface area contributed by atoms with Crippen LogP contribution >= 0.6 is 0 Å². The molecule has 2 aromatic heterocycles. The summed E-state index contributed by atoms with van der Waals surface area (Å²) in [6, 6.07) is 12.4. The Labute approximate surface area is 184 Å². The van der Waals surface area contributed by atoms with Crippen LogP contribution in [0.15, 0.2) is 53.2 Å². The summed E-state index contributed by atoms with van der Waals surface area (Å²) in [5.74, 6) is 2.23. The Morgan fingerprint density at radius 2 is 2.09 bits per heavy atom. The molecule has 1 saturated heterocycles. The first-order valence-electron chi connectivity index (χ1n) is 10.6. The van der Waals surface area contributed by atoms with E-state index in [4.69, 9.17) is 9.26 Å². The number of fused-ring (bicyclic) bond motifs is 1. The van der Waals surface area contributed by atoms with Crippen LogP contribution in [0.3, 0.4) is 0 Å². The lowest BCUT2D eigenvalue weighted by atomic mass is 9.89. The second kappa shape index (κ2) is 8.43. The van der Waals surface area contributed by atoms with Gasteiger partial charge in [0.25, 0.3) is 5.69 Å². The SMILES string of the molecule is COc1ccc2[nH]cc(C3CCN(Cc4nc(-c5cccc([N+](=O)[O-])c5)no4)CC3)c2c1. The van der Waals surface area contributed by atoms with Crippen molar-refractivity contribution in [3.63, 3.8) is 0 Å². The van der Waals surface area contributed by atoms with Crippen molar-refractivity contribution < 1.29 is 14.2 Å². The van der Waals surface area contributed by atoms with E-state index in [1.54, 1.807) is 19.2 Å². The van der Waals surface area contributed by atoms with Crippen LogP contribution in [0.4, 0.5) is 5.69 Å². The van der Waals surface area contributed by atoms with E-state index in [2.05, 4.69) is 38.4 Å². The van der Waals surface area contributed by atoms with Gasteiger partial charge in [-0.15, -0.1) is 0 Å². The van der Waals surface area contributed by atoms with Gasteiger partial charge >= 0.3 is 0 Å². The third kappa shape index (κ3) is 3.94. The van der Waals surface area contributed by atoms with Crippen molar-refractivity contribution in [1.29, 1.82) is 0 Å². The molecule has 9 nitrogen and oxygen atoms in total. The number of aromatic nitrogens is 3. The average Bonchev–Trinajstić information content (AvgIpc) is 3.46. The molecule has 0 atom stereocenters. The van der Waals surface area contributed by atoms with Crippen molar-refractivity contribution in [3.05, 3.63) is 70.2 Å². The number of methoxy groups -OCH3 is 1. The standard InChI is InChI=1S/C23H23N5O4/c1-31-18-5-6-21-19(12-18)20(13-24-21)15-7-9-27(10-8-15)14-22-25-23(26-32-22)16-3-2-4-17(11-16)28(29)30/h2-6,11-13,15,24H,7-10,14H2,1H3. The number of benzene rings is 2. The first kappa shape index (κ1) is 20.2. The fraction of sp³-hybridized carbons (Fsp3) is 0.304. The summed E-state index contributed by atoms with van der Waals surface area (Å²) in [6.07, 6.45) is 4.19. The van der Waals surface area contributed by atoms with Crippen molar-refractivity contribution in [1.82, 2.24) is 20.0 Å². The fourth-order valence-electron chi connectivity index (χ4n) is 4.37. The predicted molar refractivity (Wildman–Crippen MR) is 118 cm³/mol. The van der Waals surface area contributed by atoms with Gasteiger partial charge in [0.1, 0.15) is 5.75 Å². The molecule has 0 saturated carbocycles. The zero-order valence-corrected chi connectivity index (χ0v) is 17.7. The smallest absolute Gasteiger partial charge is 0.270 e. The highest BCUT2D eigenvalue weighted by molar-refractivity contribution is 5.85. The third-order valence-corrected chi connectivity index (χ3v) is 6.09. The minimum absolute atomic E-state index is 0.00539. The van der Waals surface area contributed by atoms with E-state index in [0.717, 1.165) is 37.2 Å². The Hall–Kier alpha value is -3.72. The largest absolute Gasteiger partial charge is 0.497 e. The van der Waals surface area contributed by atoms with E-state index in [1.807, 2.05) is 6.07 Å². The van der Waals surface area contributed by atoms with Crippen LogP contribution in [0, 0.1) is 10.1 Å². The predicted octanol–water partition coefficient (Wildman–Crippen LogP) is 4.51. The molecule has 0 aliphatic carbocycles. The van der Waals surface area contributed by atoms with E-state index in [1.165, 1.54) is 23.1 Å². The lowest BCUT2D eigenvalue weighted by Crippen LogP contribution is -2.32. The minimum atomic E-state index is -0.432. The molecule has 4 aromatic rings. The number of rotatable bonds is 6. The van der Waals surface area contributed by atoms with Gasteiger partial charge in [0, 0.05) is 34.8 Å². The molecular formula is C23H23N5O4. The summed E-state index contributed by atoms with van der Waals surface area (Å²) >= 11 is 0. The first-order valence-corrected chi connectivity index (χ1v) is 10.6. The van der Waals surface area contributed by atoms with Gasteiger partial charge in [-0.25, -0.2) is 0 Å². The Bertz CT molecular complexity index is 1260. The Morgan fingerprint density at radius 3 is 2.88 bits per heavy atom. The summed E-state index contributed by atoms with van der Waals surface area (Å²) in [7, 11) is 1.69. The number of nitro benzene ring substituents is 1. The summed E-state index contributed by atoms with van der Waals surface area (Å²) in [5.41, 5.74) is 3.04. The number of aromatic amines is 1. The maximum Gasteiger partial charge on any atom is 0.270 e. The van der Waals surface area contributed by atoms with E-state index in [9.17, 15) is 10.1 Å². The average molecular weight is 433 g/mol. The van der Waals surface area contributed by atoms with Crippen molar-refractivity contribution in [2.45, 2.75) is 25.3 Å². The Morgan fingerprint density at radius 1 is 1.25 bits per heavy atom. The number of likely N-dealkylation sites (tertiary alicyclic amines) is 1. The van der Waals surface area contributed by atoms with Gasteiger partial charge < -0.3 is 14.2 Å². The van der Waals surface area contributed by atoms with Crippen LogP contribution in [0.2, 0.25) is 0 Å². The van der Waals surface area contributed by atoms with Crippen molar-refractivity contribution in [3.8, 4) is 17.1 Å². The number of nitro groups is 1. The number of ether oxygens (including phenoxy) is 1. The maximum absolute atomic E-state index is 11.0. The summed E-state index contributed by atoms with van der Waals surface area (Å²) in [5, 5.41) is 16.2. The van der Waals surface area contributed by atoms with Crippen molar-refractivity contribution >= 4 is 16.6 Å². The van der Waals surface area contributed by atoms with Crippen LogP contribution in [0.1, 0.15) is 30.2 Å². The van der Waals surface area contributed by atoms with Crippen LogP contribution in [-0.2, 0) is 6.54 Å². The summed E-state index contributed by atoms with van der Waals surface area (Å²) in [4.78, 5) is 20.7. The minimum Gasteiger partial charge on any atom is -0.497 e. The lowest BCUT2D eigenvalue weighted by molar-refractivity contribution is -0.384. The number of non-ortho nitro benzene ring substituents is 1. The highest BCUT2D eigenvalue weighted by atomic mass is 16.6. The number of hydrogen-bond donors (Lipinski definition) is 1. The van der Waals surface area contributed by atoms with Gasteiger partial charge in [-0.2, -0.15) is 4.98 Å². The molecule has 1 aliphatic heterocycles. The van der Waals surface area contributed by atoms with Gasteiger partial charge in [0.05, 0.1) is 18.6 Å². The molecule has 1 N–H and O–H groups in total. The molecule has 0 radical (unpaired) electrons. The number of nitrogens with zero attached hydrogens (tertiary/aromatic N) is 4. The summed E-state index contributed by atoms with van der Waals surface area (Å²) in [6.45, 7) is 2.42. The molecule has 32 heavy (non-hydrogen) atoms. The molecule has 0 spiro atoms. The Kier molecular flexibility index (Phi) is 5.32. The monoisotopic (exact) mass is 433 g/mol. The highest BCUT2D eigenvalue weighted by Gasteiger charge is 2.24. The molecule has 1 aliphatic rings. The van der Waals surface area contributed by atoms with E-state index < -0.39 is 4.92 Å². The normalized spacial score (nSPS) is 15.3. The van der Waals surface area contributed by atoms with Crippen molar-refractivity contribution in [2.75, 3.05) is 20.2 Å². The van der Waals surface area contributed by atoms with Crippen LogP contribution < -0.4 is 4.74 Å². The number of hydrogen-bond acceptors (Lipinski definition) is 7. The van der Waals surface area contributed by atoms with Crippen molar-refractivity contribution in [2.24, 2.45) is 0 Å². The van der Waals surface area contributed by atoms with Gasteiger partial charge in [-0.05, 0) is 55.6 Å². The van der Waals surface area contributed by atoms with Gasteiger partial charge in [0.15, 0.2) is 0 Å². The van der Waals surface area contributed by atoms with Crippen LogP contribution in [-0.4, -0.2) is 45.1 Å². The van der Waals surface area contributed by atoms with E-state index in [0.29, 0.717) is 29.7 Å². The number of H-pyrrole nitrogens is 1. The molecule has 3 heterocycles. The molecule has 9 heteroatoms. The first-order chi connectivity index (χ1) is 15.6. The van der Waals surface area contributed by atoms with E-state index in [-0.39, 0.29) is 5.69 Å². The van der Waals surface area contributed by atoms with Crippen LogP contribution in [0.5, 0.6) is 5.75 Å². The quantitative estimate of drug-likeness (QED) is 0.352. The molecule has 0 bridgehead atoms. The second-order valence-corrected chi connectivity index (χ2v) is 8.03. The van der Waals surface area contributed by atoms with Gasteiger partial charge in [0.2, 0.25) is 11.7 Å². The molecule has 164 valence electrons. The van der Waals surface area contributed by atoms with Gasteiger partial charge in [-0.1, -0.05) is 17.3 Å². The molecular weight excluding hydrogens is 410 g/mol. The van der Waals surface area contributed by atoms with Crippen LogP contribution in [0.25, 0.3) is 22.3 Å². The zero-order chi connectivity index (χ0) is 22.1. The Balaban J connectivity index is 1.23. The fourth-order valence-corrected chi connectivity index (χ4v) is 4.37. The zero-order valence-electron chi connectivity index (χ0n) is 17.7. The highest BCUT2D eigenvalue weighted by Crippen LogP contribution is 2.35. The molecule has 1 fully saturated rings. The number of nitrogens with one attached hydrogen (secondary N) is 1. The molecule has 2 aromatic carbocycles. The third-order valence-electron chi connectivity index (χ3n) is 6.09. The van der Waals surface area contributed by atoms with E-state index >= 15 is 0 Å². The molecule has 0 unspecified atom stereocenters. The summed E-state index contributed by atoms with van der Waals surface area (Å²) < 4.78 is 10.8.